The highest BCUT2D eigenvalue weighted by atomic mass is 79.9. The molecule has 0 unspecified atom stereocenters. The fraction of sp³-hybridized carbons (Fsp3) is 0.636. The molecule has 0 N–H and O–H groups in total. The van der Waals surface area contributed by atoms with Gasteiger partial charge in [0, 0.05) is 13.8 Å². The van der Waals surface area contributed by atoms with Crippen LogP contribution in [0.4, 0.5) is 4.39 Å². The van der Waals surface area contributed by atoms with Crippen molar-refractivity contribution in [2.75, 3.05) is 0 Å². The van der Waals surface area contributed by atoms with Gasteiger partial charge in [0.05, 0.1) is 4.47 Å². The zero-order valence-corrected chi connectivity index (χ0v) is 18.3. The van der Waals surface area contributed by atoms with Gasteiger partial charge in [-0.05, 0) is 46.5 Å². The second-order valence-corrected chi connectivity index (χ2v) is 9.80. The summed E-state index contributed by atoms with van der Waals surface area (Å²) in [4.78, 5) is 0. The van der Waals surface area contributed by atoms with Crippen LogP contribution < -0.4 is 4.74 Å². The Balaban J connectivity index is 1.48. The summed E-state index contributed by atoms with van der Waals surface area (Å²) >= 11 is 3.42. The summed E-state index contributed by atoms with van der Waals surface area (Å²) in [5.74, 6) is 2.06. The Hall–Kier alpha value is -1.17. The van der Waals surface area contributed by atoms with E-state index in [4.69, 9.17) is 14.2 Å². The Morgan fingerprint density at radius 1 is 1.29 bits per heavy atom. The molecule has 0 saturated carbocycles. The summed E-state index contributed by atoms with van der Waals surface area (Å²) in [5, 5.41) is 0. The van der Waals surface area contributed by atoms with Crippen LogP contribution >= 0.6 is 15.9 Å². The molecule has 0 amide bonds. The van der Waals surface area contributed by atoms with Gasteiger partial charge in [-0.15, -0.1) is 0 Å². The lowest BCUT2D eigenvalue weighted by Crippen LogP contribution is -2.36. The van der Waals surface area contributed by atoms with Gasteiger partial charge in [0.25, 0.3) is 0 Å². The Kier molecular flexibility index (Phi) is 5.96. The van der Waals surface area contributed by atoms with Crippen LogP contribution in [0, 0.1) is 11.7 Å². The van der Waals surface area contributed by atoms with Crippen molar-refractivity contribution in [1.29, 1.82) is 0 Å². The van der Waals surface area contributed by atoms with E-state index in [2.05, 4.69) is 15.9 Å². The van der Waals surface area contributed by atoms with E-state index < -0.39 is 5.79 Å². The Morgan fingerprint density at radius 3 is 2.64 bits per heavy atom. The van der Waals surface area contributed by atoms with Gasteiger partial charge in [-0.25, -0.2) is 4.39 Å². The van der Waals surface area contributed by atoms with Gasteiger partial charge >= 0.3 is 0 Å². The Bertz CT molecular complexity index is 716. The Morgan fingerprint density at radius 2 is 2.04 bits per heavy atom. The number of hydrogen-bond donors (Lipinski definition) is 0. The highest BCUT2D eigenvalue weighted by Crippen LogP contribution is 2.47. The van der Waals surface area contributed by atoms with Crippen LogP contribution in [0.25, 0.3) is 0 Å². The minimum atomic E-state index is -0.668. The number of halogens is 2. The molecule has 3 nitrogen and oxygen atoms in total. The van der Waals surface area contributed by atoms with E-state index in [0.717, 1.165) is 37.0 Å². The average Bonchev–Trinajstić information content (AvgIpc) is 2.99. The van der Waals surface area contributed by atoms with Gasteiger partial charge in [-0.2, -0.15) is 0 Å². The van der Waals surface area contributed by atoms with Crippen LogP contribution in [-0.4, -0.2) is 18.6 Å². The molecule has 1 aromatic carbocycles. The highest BCUT2D eigenvalue weighted by Gasteiger charge is 2.40. The van der Waals surface area contributed by atoms with Crippen LogP contribution in [-0.2, 0) is 9.47 Å². The first kappa shape index (κ1) is 20.1. The number of rotatable bonds is 6. The first-order valence-electron chi connectivity index (χ1n) is 10.6. The van der Waals surface area contributed by atoms with Gasteiger partial charge in [0.15, 0.2) is 11.9 Å². The largest absolute Gasteiger partial charge is 0.481 e. The lowest BCUT2D eigenvalue weighted by molar-refractivity contribution is -0.124. The third kappa shape index (κ3) is 4.53. The summed E-state index contributed by atoms with van der Waals surface area (Å²) < 4.78 is 32.0. The second-order valence-electron chi connectivity index (χ2n) is 8.94. The Labute approximate surface area is 176 Å². The smallest absolute Gasteiger partial charge is 0.244 e. The molecule has 2 bridgehead atoms. The number of fused-ring (bicyclic) bond motifs is 2. The number of ether oxygens (including phenoxy) is 3. The van der Waals surface area contributed by atoms with Crippen molar-refractivity contribution in [3.63, 3.8) is 0 Å². The topological polar surface area (TPSA) is 27.7 Å². The second kappa shape index (κ2) is 8.29. The zero-order valence-electron chi connectivity index (χ0n) is 16.8. The minimum Gasteiger partial charge on any atom is -0.481 e. The summed E-state index contributed by atoms with van der Waals surface area (Å²) in [5.41, 5.74) is 0. The van der Waals surface area contributed by atoms with Crippen molar-refractivity contribution in [2.45, 2.75) is 82.7 Å². The molecular weight excluding hydrogens is 422 g/mol. The monoisotopic (exact) mass is 450 g/mol. The van der Waals surface area contributed by atoms with Crippen LogP contribution in [0.2, 0.25) is 18.5 Å². The quantitative estimate of drug-likeness (QED) is 0.445. The van der Waals surface area contributed by atoms with Crippen molar-refractivity contribution in [1.82, 2.24) is 0 Å². The van der Waals surface area contributed by atoms with Crippen LogP contribution in [0.3, 0.4) is 0 Å². The molecule has 1 aromatic rings. The van der Waals surface area contributed by atoms with Gasteiger partial charge in [0.1, 0.15) is 24.5 Å². The predicted octanol–water partition coefficient (Wildman–Crippen LogP) is 6.81. The van der Waals surface area contributed by atoms with Gasteiger partial charge in [-0.1, -0.05) is 50.6 Å². The molecule has 152 valence electrons. The standard InChI is InChI=1S/C22H29BBrFO3/c1-22(2)26-14-21(28-22)20(27-19-9-7-16(25)13-18(19)24)10-8-17-15-5-3-11-23(17)12-4-6-15/h7,9,13-15,17,20H,3-6,8,10-12H2,1-2H3/t17-,20-/m0/s1. The predicted molar refractivity (Wildman–Crippen MR) is 113 cm³/mol. The van der Waals surface area contributed by atoms with Crippen molar-refractivity contribution < 1.29 is 18.6 Å². The molecule has 2 atom stereocenters. The molecule has 28 heavy (non-hydrogen) atoms. The molecule has 6 heteroatoms. The van der Waals surface area contributed by atoms with E-state index >= 15 is 0 Å². The lowest BCUT2D eigenvalue weighted by Gasteiger charge is -2.41. The summed E-state index contributed by atoms with van der Waals surface area (Å²) in [6, 6.07) is 4.53. The fourth-order valence-electron chi connectivity index (χ4n) is 5.29. The van der Waals surface area contributed by atoms with Crippen molar-refractivity contribution in [3.05, 3.63) is 40.5 Å². The molecule has 2 fully saturated rings. The van der Waals surface area contributed by atoms with E-state index in [9.17, 15) is 4.39 Å². The number of benzene rings is 1. The van der Waals surface area contributed by atoms with Crippen molar-refractivity contribution >= 4 is 22.6 Å². The van der Waals surface area contributed by atoms with E-state index in [1.807, 2.05) is 13.8 Å². The summed E-state index contributed by atoms with van der Waals surface area (Å²) in [6.45, 7) is 4.66. The van der Waals surface area contributed by atoms with E-state index in [1.165, 1.54) is 50.5 Å². The fourth-order valence-corrected chi connectivity index (χ4v) is 5.73. The summed E-state index contributed by atoms with van der Waals surface area (Å²) in [7, 11) is 0. The maximum atomic E-state index is 13.5. The normalized spacial score (nSPS) is 26.9. The summed E-state index contributed by atoms with van der Waals surface area (Å²) in [6.07, 6.45) is 11.8. The van der Waals surface area contributed by atoms with Crippen molar-refractivity contribution in [3.8, 4) is 5.75 Å². The van der Waals surface area contributed by atoms with Crippen molar-refractivity contribution in [2.24, 2.45) is 5.92 Å². The zero-order chi connectivity index (χ0) is 19.7. The molecule has 3 aliphatic heterocycles. The molecule has 3 aliphatic rings. The molecule has 0 spiro atoms. The molecule has 4 rings (SSSR count). The first-order valence-corrected chi connectivity index (χ1v) is 11.4. The van der Waals surface area contributed by atoms with Gasteiger partial charge < -0.3 is 14.2 Å². The molecular formula is C22H29BBrFO3. The van der Waals surface area contributed by atoms with Gasteiger partial charge in [-0.3, -0.25) is 0 Å². The first-order chi connectivity index (χ1) is 13.4. The number of hydrogen-bond acceptors (Lipinski definition) is 3. The minimum absolute atomic E-state index is 0.230. The van der Waals surface area contributed by atoms with Crippen LogP contribution in [0.5, 0.6) is 5.75 Å². The molecule has 2 saturated heterocycles. The highest BCUT2D eigenvalue weighted by molar-refractivity contribution is 9.10. The maximum absolute atomic E-state index is 13.5. The average molecular weight is 451 g/mol. The third-order valence-electron chi connectivity index (χ3n) is 6.58. The lowest BCUT2D eigenvalue weighted by atomic mass is 9.28. The molecule has 0 aromatic heterocycles. The molecule has 3 heterocycles. The van der Waals surface area contributed by atoms with E-state index in [1.54, 1.807) is 12.3 Å². The van der Waals surface area contributed by atoms with Crippen LogP contribution in [0.15, 0.2) is 34.7 Å². The SMILES string of the molecule is CC1(C)OC=C([C@H](CC[C@@H]2B3CCCC2CCC3)Oc2ccc(F)cc2Br)O1. The molecule has 0 radical (unpaired) electrons. The van der Waals surface area contributed by atoms with Crippen LogP contribution in [0.1, 0.15) is 52.4 Å². The maximum Gasteiger partial charge on any atom is 0.244 e. The van der Waals surface area contributed by atoms with E-state index in [-0.39, 0.29) is 11.9 Å². The third-order valence-corrected chi connectivity index (χ3v) is 7.20. The van der Waals surface area contributed by atoms with Gasteiger partial charge in [0.2, 0.25) is 5.79 Å². The molecule has 0 aliphatic carbocycles. The van der Waals surface area contributed by atoms with E-state index in [0.29, 0.717) is 10.2 Å².